The van der Waals surface area contributed by atoms with Gasteiger partial charge < -0.3 is 10.6 Å². The smallest absolute Gasteiger partial charge is 0.319 e. The lowest BCUT2D eigenvalue weighted by Gasteiger charge is -2.09. The third kappa shape index (κ3) is 6.29. The average molecular weight is 398 g/mol. The van der Waals surface area contributed by atoms with Crippen LogP contribution in [-0.4, -0.2) is 20.7 Å². The lowest BCUT2D eigenvalue weighted by Crippen LogP contribution is -2.28. The van der Waals surface area contributed by atoms with Gasteiger partial charge in [-0.25, -0.2) is 13.2 Å². The van der Waals surface area contributed by atoms with E-state index in [2.05, 4.69) is 31.3 Å². The van der Waals surface area contributed by atoms with Crippen molar-refractivity contribution < 1.29 is 13.2 Å². The minimum absolute atomic E-state index is 0.339. The van der Waals surface area contributed by atoms with E-state index in [1.165, 1.54) is 0 Å². The molecule has 0 saturated heterocycles. The first-order valence-electron chi connectivity index (χ1n) is 6.69. The Labute approximate surface area is 143 Å². The molecule has 23 heavy (non-hydrogen) atoms. The number of halogens is 1. The molecular weight excluding hydrogens is 382 g/mol. The minimum atomic E-state index is -3.31. The number of sulfonamides is 1. The number of carbonyl (C=O) groups excluding carboxylic acids is 1. The van der Waals surface area contributed by atoms with E-state index in [1.807, 2.05) is 24.3 Å². The van der Waals surface area contributed by atoms with Crippen LogP contribution in [0.4, 0.5) is 16.2 Å². The van der Waals surface area contributed by atoms with Crippen molar-refractivity contribution in [1.82, 2.24) is 5.32 Å². The first kappa shape index (κ1) is 17.3. The summed E-state index contributed by atoms with van der Waals surface area (Å²) in [4.78, 5) is 11.8. The maximum Gasteiger partial charge on any atom is 0.319 e. The molecule has 0 saturated carbocycles. The molecule has 8 heteroatoms. The molecule has 0 aliphatic rings. The topological polar surface area (TPSA) is 87.3 Å². The van der Waals surface area contributed by atoms with Gasteiger partial charge in [0, 0.05) is 22.4 Å². The van der Waals surface area contributed by atoms with Gasteiger partial charge in [0.15, 0.2) is 0 Å². The molecule has 2 aromatic rings. The highest BCUT2D eigenvalue weighted by Crippen LogP contribution is 2.14. The van der Waals surface area contributed by atoms with Gasteiger partial charge in [0.1, 0.15) is 0 Å². The van der Waals surface area contributed by atoms with E-state index in [0.717, 1.165) is 16.3 Å². The predicted molar refractivity (Wildman–Crippen MR) is 94.9 cm³/mol. The number of urea groups is 1. The predicted octanol–water partition coefficient (Wildman–Crippen LogP) is 3.14. The van der Waals surface area contributed by atoms with Crippen molar-refractivity contribution >= 4 is 43.4 Å². The van der Waals surface area contributed by atoms with Crippen molar-refractivity contribution in [2.75, 3.05) is 16.3 Å². The van der Waals surface area contributed by atoms with Crippen molar-refractivity contribution in [3.8, 4) is 0 Å². The number of amides is 2. The van der Waals surface area contributed by atoms with E-state index in [0.29, 0.717) is 17.9 Å². The summed E-state index contributed by atoms with van der Waals surface area (Å²) in [5.74, 6) is 0. The van der Waals surface area contributed by atoms with Gasteiger partial charge in [-0.15, -0.1) is 0 Å². The molecule has 0 unspecified atom stereocenters. The molecule has 0 spiro atoms. The molecule has 0 heterocycles. The van der Waals surface area contributed by atoms with Crippen LogP contribution in [0.25, 0.3) is 0 Å². The maximum absolute atomic E-state index is 11.8. The van der Waals surface area contributed by atoms with Crippen molar-refractivity contribution in [2.24, 2.45) is 0 Å². The van der Waals surface area contributed by atoms with Crippen LogP contribution in [0.1, 0.15) is 5.56 Å². The van der Waals surface area contributed by atoms with Gasteiger partial charge in [0.2, 0.25) is 10.0 Å². The minimum Gasteiger partial charge on any atom is -0.334 e. The van der Waals surface area contributed by atoms with Crippen molar-refractivity contribution in [2.45, 2.75) is 6.54 Å². The fourth-order valence-electron chi connectivity index (χ4n) is 1.84. The SMILES string of the molecule is CS(=O)(=O)Nc1ccc(NC(=O)NCc2cccc(Br)c2)cc1. The fourth-order valence-corrected chi connectivity index (χ4v) is 2.85. The van der Waals surface area contributed by atoms with Gasteiger partial charge in [-0.3, -0.25) is 4.72 Å². The molecule has 3 N–H and O–H groups in total. The largest absolute Gasteiger partial charge is 0.334 e. The average Bonchev–Trinajstić information content (AvgIpc) is 2.46. The second-order valence-electron chi connectivity index (χ2n) is 4.89. The van der Waals surface area contributed by atoms with E-state index in [4.69, 9.17) is 0 Å². The van der Waals surface area contributed by atoms with E-state index < -0.39 is 10.0 Å². The number of anilines is 2. The zero-order chi connectivity index (χ0) is 16.9. The van der Waals surface area contributed by atoms with Crippen LogP contribution in [0.5, 0.6) is 0 Å². The molecule has 6 nitrogen and oxygen atoms in total. The quantitative estimate of drug-likeness (QED) is 0.723. The molecule has 0 aromatic heterocycles. The molecule has 0 fully saturated rings. The molecule has 0 aliphatic heterocycles. The molecule has 0 aliphatic carbocycles. The summed E-state index contributed by atoms with van der Waals surface area (Å²) in [5.41, 5.74) is 1.98. The van der Waals surface area contributed by atoms with Crippen LogP contribution in [0.3, 0.4) is 0 Å². The zero-order valence-corrected chi connectivity index (χ0v) is 14.7. The van der Waals surface area contributed by atoms with Gasteiger partial charge in [-0.05, 0) is 42.0 Å². The van der Waals surface area contributed by atoms with Crippen LogP contribution in [0.2, 0.25) is 0 Å². The Balaban J connectivity index is 1.87. The molecule has 0 radical (unpaired) electrons. The first-order chi connectivity index (χ1) is 10.8. The Morgan fingerprint density at radius 2 is 1.74 bits per heavy atom. The second-order valence-corrected chi connectivity index (χ2v) is 7.55. The van der Waals surface area contributed by atoms with Gasteiger partial charge in [0.25, 0.3) is 0 Å². The van der Waals surface area contributed by atoms with E-state index in [-0.39, 0.29) is 6.03 Å². The van der Waals surface area contributed by atoms with Crippen LogP contribution < -0.4 is 15.4 Å². The third-order valence-electron chi connectivity index (χ3n) is 2.79. The summed E-state index contributed by atoms with van der Waals surface area (Å²) in [6.45, 7) is 0.402. The highest BCUT2D eigenvalue weighted by atomic mass is 79.9. The van der Waals surface area contributed by atoms with Crippen LogP contribution in [0.15, 0.2) is 53.0 Å². The lowest BCUT2D eigenvalue weighted by atomic mass is 10.2. The van der Waals surface area contributed by atoms with Crippen molar-refractivity contribution in [3.05, 3.63) is 58.6 Å². The molecule has 2 aromatic carbocycles. The molecule has 0 bridgehead atoms. The highest BCUT2D eigenvalue weighted by Gasteiger charge is 2.04. The van der Waals surface area contributed by atoms with Gasteiger partial charge in [0.05, 0.1) is 6.26 Å². The Morgan fingerprint density at radius 1 is 1.09 bits per heavy atom. The number of benzene rings is 2. The highest BCUT2D eigenvalue weighted by molar-refractivity contribution is 9.10. The van der Waals surface area contributed by atoms with Crippen LogP contribution >= 0.6 is 15.9 Å². The maximum atomic E-state index is 11.8. The van der Waals surface area contributed by atoms with E-state index in [9.17, 15) is 13.2 Å². The number of nitrogens with one attached hydrogen (secondary N) is 3. The second kappa shape index (κ2) is 7.47. The fraction of sp³-hybridized carbons (Fsp3) is 0.133. The molecular formula is C15H16BrN3O3S. The van der Waals surface area contributed by atoms with Crippen molar-refractivity contribution in [1.29, 1.82) is 0 Å². The number of rotatable bonds is 5. The number of carbonyl (C=O) groups is 1. The summed E-state index contributed by atoms with van der Waals surface area (Å²) >= 11 is 3.37. The van der Waals surface area contributed by atoms with Gasteiger partial charge in [-0.2, -0.15) is 0 Å². The number of hydrogen-bond donors (Lipinski definition) is 3. The lowest BCUT2D eigenvalue weighted by molar-refractivity contribution is 0.251. The summed E-state index contributed by atoms with van der Waals surface area (Å²) in [7, 11) is -3.31. The van der Waals surface area contributed by atoms with Crippen LogP contribution in [0, 0.1) is 0 Å². The monoisotopic (exact) mass is 397 g/mol. The van der Waals surface area contributed by atoms with Gasteiger partial charge >= 0.3 is 6.03 Å². The first-order valence-corrected chi connectivity index (χ1v) is 9.37. The summed E-state index contributed by atoms with van der Waals surface area (Å²) in [6, 6.07) is 13.7. The third-order valence-corrected chi connectivity index (χ3v) is 3.89. The van der Waals surface area contributed by atoms with Crippen molar-refractivity contribution in [3.63, 3.8) is 0 Å². The summed E-state index contributed by atoms with van der Waals surface area (Å²) < 4.78 is 25.5. The number of hydrogen-bond acceptors (Lipinski definition) is 3. The summed E-state index contributed by atoms with van der Waals surface area (Å²) in [5, 5.41) is 5.42. The standard InChI is InChI=1S/C15H16BrN3O3S/c1-23(21,22)19-14-7-5-13(6-8-14)18-15(20)17-10-11-3-2-4-12(16)9-11/h2-9,19H,10H2,1H3,(H2,17,18,20). The van der Waals surface area contributed by atoms with E-state index >= 15 is 0 Å². The molecule has 2 rings (SSSR count). The Kier molecular flexibility index (Phi) is 5.62. The molecule has 0 atom stereocenters. The van der Waals surface area contributed by atoms with E-state index in [1.54, 1.807) is 24.3 Å². The zero-order valence-electron chi connectivity index (χ0n) is 12.3. The molecule has 2 amide bonds. The van der Waals surface area contributed by atoms with Gasteiger partial charge in [-0.1, -0.05) is 28.1 Å². The Hall–Kier alpha value is -2.06. The molecule has 122 valence electrons. The Bertz CT molecular complexity index is 792. The summed E-state index contributed by atoms with van der Waals surface area (Å²) in [6.07, 6.45) is 1.08. The van der Waals surface area contributed by atoms with Crippen LogP contribution in [-0.2, 0) is 16.6 Å². The Morgan fingerprint density at radius 3 is 2.35 bits per heavy atom. The normalized spacial score (nSPS) is 10.9.